The molecule has 1 saturated carbocycles. The average molecular weight is 516 g/mol. The van der Waals surface area contributed by atoms with Crippen molar-refractivity contribution in [2.24, 2.45) is 5.92 Å². The van der Waals surface area contributed by atoms with Gasteiger partial charge >= 0.3 is 5.97 Å². The zero-order valence-corrected chi connectivity index (χ0v) is 22.9. The van der Waals surface area contributed by atoms with Gasteiger partial charge in [-0.15, -0.1) is 0 Å². The molecule has 0 spiro atoms. The van der Waals surface area contributed by atoms with Crippen LogP contribution in [-0.4, -0.2) is 66.5 Å². The lowest BCUT2D eigenvalue weighted by molar-refractivity contribution is 0.0697. The first kappa shape index (κ1) is 25.4. The van der Waals surface area contributed by atoms with E-state index in [0.717, 1.165) is 58.0 Å². The van der Waals surface area contributed by atoms with E-state index >= 15 is 0 Å². The Labute approximate surface area is 226 Å². The lowest BCUT2D eigenvalue weighted by atomic mass is 9.81. The molecule has 0 bridgehead atoms. The molecule has 3 aliphatic rings. The summed E-state index contributed by atoms with van der Waals surface area (Å²) in [5, 5.41) is 11.0. The Hall–Kier alpha value is -2.83. The first-order valence-corrected chi connectivity index (χ1v) is 14.5. The van der Waals surface area contributed by atoms with Gasteiger partial charge in [0.1, 0.15) is 0 Å². The number of nitrogens with zero attached hydrogens (tertiary/aromatic N) is 3. The fourth-order valence-corrected chi connectivity index (χ4v) is 7.04. The standard InChI is InChI=1S/C32H41N3O3/c1-22-8-10-27-28(18-22)34(13-12-33-16-17-38-21-23(2)20-33)14-15-35-29-19-25(32(36)37)9-11-26(29)30(31(27)35)24-6-4-3-5-7-24/h8-11,18-19,23-24H,3-7,12-17,20-21H2,1-2H3,(H,36,37). The quantitative estimate of drug-likeness (QED) is 0.442. The maximum Gasteiger partial charge on any atom is 0.335 e. The van der Waals surface area contributed by atoms with Crippen LogP contribution in [0.1, 0.15) is 66.4 Å². The second-order valence-corrected chi connectivity index (χ2v) is 11.8. The zero-order valence-electron chi connectivity index (χ0n) is 22.9. The number of hydrogen-bond acceptors (Lipinski definition) is 4. The van der Waals surface area contributed by atoms with Crippen molar-refractivity contribution in [1.82, 2.24) is 9.47 Å². The molecular weight excluding hydrogens is 474 g/mol. The molecule has 1 unspecified atom stereocenters. The predicted octanol–water partition coefficient (Wildman–Crippen LogP) is 6.15. The van der Waals surface area contributed by atoms with E-state index < -0.39 is 5.97 Å². The highest BCUT2D eigenvalue weighted by Crippen LogP contribution is 2.47. The van der Waals surface area contributed by atoms with Crippen molar-refractivity contribution >= 4 is 22.6 Å². The highest BCUT2D eigenvalue weighted by Gasteiger charge is 2.31. The van der Waals surface area contributed by atoms with Crippen molar-refractivity contribution in [3.63, 3.8) is 0 Å². The molecule has 1 N–H and O–H groups in total. The van der Waals surface area contributed by atoms with Gasteiger partial charge in [0, 0.05) is 61.4 Å². The number of anilines is 1. The Morgan fingerprint density at radius 1 is 1.03 bits per heavy atom. The Bertz CT molecular complexity index is 1320. The SMILES string of the molecule is Cc1ccc2c(c1)N(CCN1CCOCC(C)C1)CCn1c-2c(C2CCCCC2)c2ccc(C(=O)O)cc21. The minimum absolute atomic E-state index is 0.371. The van der Waals surface area contributed by atoms with E-state index in [4.69, 9.17) is 4.74 Å². The molecular formula is C32H41N3O3. The van der Waals surface area contributed by atoms with Gasteiger partial charge in [-0.2, -0.15) is 0 Å². The van der Waals surface area contributed by atoms with Gasteiger partial charge in [-0.3, -0.25) is 4.90 Å². The Morgan fingerprint density at radius 2 is 1.87 bits per heavy atom. The molecule has 2 aromatic carbocycles. The minimum atomic E-state index is -0.858. The fourth-order valence-electron chi connectivity index (χ4n) is 7.04. The molecule has 2 aliphatic heterocycles. The maximum atomic E-state index is 11.9. The lowest BCUT2D eigenvalue weighted by Gasteiger charge is -2.29. The molecule has 0 radical (unpaired) electrons. The highest BCUT2D eigenvalue weighted by atomic mass is 16.5. The Balaban J connectivity index is 1.44. The number of benzene rings is 2. The molecule has 2 fully saturated rings. The van der Waals surface area contributed by atoms with E-state index in [1.807, 2.05) is 6.07 Å². The third kappa shape index (κ3) is 4.85. The van der Waals surface area contributed by atoms with Gasteiger partial charge in [0.05, 0.1) is 24.5 Å². The number of aromatic carboxylic acids is 1. The van der Waals surface area contributed by atoms with E-state index in [1.165, 1.54) is 65.6 Å². The summed E-state index contributed by atoms with van der Waals surface area (Å²) in [6, 6.07) is 12.7. The second-order valence-electron chi connectivity index (χ2n) is 11.8. The Morgan fingerprint density at radius 3 is 2.68 bits per heavy atom. The van der Waals surface area contributed by atoms with Gasteiger partial charge in [0.15, 0.2) is 0 Å². The summed E-state index contributed by atoms with van der Waals surface area (Å²) in [5.41, 5.74) is 8.12. The van der Waals surface area contributed by atoms with Crippen LogP contribution >= 0.6 is 0 Å². The minimum Gasteiger partial charge on any atom is -0.478 e. The van der Waals surface area contributed by atoms with Crippen LogP contribution in [0.4, 0.5) is 5.69 Å². The summed E-state index contributed by atoms with van der Waals surface area (Å²) in [7, 11) is 0. The van der Waals surface area contributed by atoms with Gasteiger partial charge in [0.25, 0.3) is 0 Å². The summed E-state index contributed by atoms with van der Waals surface area (Å²) in [4.78, 5) is 17.1. The number of carbonyl (C=O) groups is 1. The van der Waals surface area contributed by atoms with E-state index in [2.05, 4.69) is 52.5 Å². The predicted molar refractivity (Wildman–Crippen MR) is 154 cm³/mol. The van der Waals surface area contributed by atoms with Crippen LogP contribution < -0.4 is 4.90 Å². The molecule has 3 aromatic rings. The summed E-state index contributed by atoms with van der Waals surface area (Å²) < 4.78 is 8.24. The molecule has 1 aromatic heterocycles. The smallest absolute Gasteiger partial charge is 0.335 e. The fraction of sp³-hybridized carbons (Fsp3) is 0.531. The van der Waals surface area contributed by atoms with Crippen molar-refractivity contribution in [3.8, 4) is 11.3 Å². The number of rotatable bonds is 5. The van der Waals surface area contributed by atoms with Crippen LogP contribution in [0.5, 0.6) is 0 Å². The van der Waals surface area contributed by atoms with E-state index in [9.17, 15) is 9.90 Å². The van der Waals surface area contributed by atoms with Gasteiger partial charge in [-0.1, -0.05) is 44.4 Å². The van der Waals surface area contributed by atoms with Crippen LogP contribution in [-0.2, 0) is 11.3 Å². The van der Waals surface area contributed by atoms with Gasteiger partial charge in [-0.05, 0) is 60.9 Å². The summed E-state index contributed by atoms with van der Waals surface area (Å²) in [6.07, 6.45) is 6.29. The van der Waals surface area contributed by atoms with E-state index in [0.29, 0.717) is 17.4 Å². The first-order valence-electron chi connectivity index (χ1n) is 14.5. The second kappa shape index (κ2) is 10.7. The molecule has 3 heterocycles. The van der Waals surface area contributed by atoms with Crippen LogP contribution in [0.15, 0.2) is 36.4 Å². The molecule has 1 aliphatic carbocycles. The molecule has 1 atom stereocenters. The van der Waals surface area contributed by atoms with Crippen molar-refractivity contribution in [1.29, 1.82) is 0 Å². The first-order chi connectivity index (χ1) is 18.5. The van der Waals surface area contributed by atoms with Crippen LogP contribution in [0.25, 0.3) is 22.2 Å². The summed E-state index contributed by atoms with van der Waals surface area (Å²) in [5.74, 6) is 0.228. The van der Waals surface area contributed by atoms with Crippen LogP contribution in [0.2, 0.25) is 0 Å². The van der Waals surface area contributed by atoms with Gasteiger partial charge < -0.3 is 19.3 Å². The summed E-state index contributed by atoms with van der Waals surface area (Å²) in [6.45, 7) is 12.0. The molecule has 202 valence electrons. The number of carboxylic acid groups (broad SMARTS) is 1. The van der Waals surface area contributed by atoms with Crippen LogP contribution in [0.3, 0.4) is 0 Å². The normalized spacial score (nSPS) is 21.1. The van der Waals surface area contributed by atoms with Crippen molar-refractivity contribution < 1.29 is 14.6 Å². The number of hydrogen-bond donors (Lipinski definition) is 1. The molecule has 1 saturated heterocycles. The average Bonchev–Trinajstić information content (AvgIpc) is 3.00. The molecule has 0 amide bonds. The molecule has 6 nitrogen and oxygen atoms in total. The topological polar surface area (TPSA) is 57.9 Å². The van der Waals surface area contributed by atoms with E-state index in [1.54, 1.807) is 6.07 Å². The van der Waals surface area contributed by atoms with Crippen molar-refractivity contribution in [2.45, 2.75) is 58.4 Å². The third-order valence-corrected chi connectivity index (χ3v) is 8.92. The monoisotopic (exact) mass is 515 g/mol. The zero-order chi connectivity index (χ0) is 26.2. The number of aromatic nitrogens is 1. The van der Waals surface area contributed by atoms with Crippen LogP contribution in [0, 0.1) is 12.8 Å². The highest BCUT2D eigenvalue weighted by molar-refractivity contribution is 5.99. The molecule has 6 heteroatoms. The molecule has 6 rings (SSSR count). The summed E-state index contributed by atoms with van der Waals surface area (Å²) >= 11 is 0. The largest absolute Gasteiger partial charge is 0.478 e. The van der Waals surface area contributed by atoms with E-state index in [-0.39, 0.29) is 0 Å². The van der Waals surface area contributed by atoms with Gasteiger partial charge in [0.2, 0.25) is 0 Å². The molecule has 38 heavy (non-hydrogen) atoms. The lowest BCUT2D eigenvalue weighted by Crippen LogP contribution is -2.38. The Kier molecular flexibility index (Phi) is 7.19. The third-order valence-electron chi connectivity index (χ3n) is 8.92. The van der Waals surface area contributed by atoms with Gasteiger partial charge in [-0.25, -0.2) is 4.79 Å². The number of ether oxygens (including phenoxy) is 1. The number of aryl methyl sites for hydroxylation is 1. The van der Waals surface area contributed by atoms with Crippen molar-refractivity contribution in [3.05, 3.63) is 53.1 Å². The number of carboxylic acids is 1. The van der Waals surface area contributed by atoms with Crippen molar-refractivity contribution in [2.75, 3.05) is 50.8 Å². The number of fused-ring (bicyclic) bond motifs is 5. The maximum absolute atomic E-state index is 11.9.